The highest BCUT2D eigenvalue weighted by atomic mass is 15.2. The summed E-state index contributed by atoms with van der Waals surface area (Å²) in [5, 5.41) is 21.4. The summed E-state index contributed by atoms with van der Waals surface area (Å²) in [5.41, 5.74) is 8.74. The zero-order chi connectivity index (χ0) is 27.1. The van der Waals surface area contributed by atoms with Crippen LogP contribution >= 0.6 is 0 Å². The number of anilines is 3. The van der Waals surface area contributed by atoms with Crippen LogP contribution in [-0.4, -0.2) is 0 Å². The number of hydrogen-bond acceptors (Lipinski definition) is 3. The first kappa shape index (κ1) is 26.2. The highest BCUT2D eigenvalue weighted by molar-refractivity contribution is 5.94. The molecule has 0 aromatic heterocycles. The molecule has 1 aliphatic rings. The summed E-state index contributed by atoms with van der Waals surface area (Å²) in [6, 6.07) is 39.5. The van der Waals surface area contributed by atoms with Gasteiger partial charge < -0.3 is 4.90 Å². The van der Waals surface area contributed by atoms with Crippen LogP contribution in [0.15, 0.2) is 103 Å². The van der Waals surface area contributed by atoms with Crippen LogP contribution in [0.1, 0.15) is 49.9 Å². The van der Waals surface area contributed by atoms with E-state index >= 15 is 0 Å². The van der Waals surface area contributed by atoms with Gasteiger partial charge in [-0.05, 0) is 69.9 Å². The van der Waals surface area contributed by atoms with Crippen molar-refractivity contribution in [1.82, 2.24) is 0 Å². The van der Waals surface area contributed by atoms with E-state index in [1.54, 1.807) is 18.2 Å². The summed E-state index contributed by atoms with van der Waals surface area (Å²) in [4.78, 5) is 2.33. The molecule has 0 unspecified atom stereocenters. The van der Waals surface area contributed by atoms with Crippen molar-refractivity contribution in [2.24, 2.45) is 0 Å². The molecule has 0 radical (unpaired) electrons. The maximum absolute atomic E-state index is 9.59. The minimum absolute atomic E-state index is 0.511. The second-order valence-electron chi connectivity index (χ2n) is 8.47. The number of fused-ring (bicyclic) bond motifs is 3. The molecule has 0 saturated carbocycles. The van der Waals surface area contributed by atoms with Crippen molar-refractivity contribution < 1.29 is 0 Å². The van der Waals surface area contributed by atoms with Crippen LogP contribution in [-0.2, 0) is 6.42 Å². The Bertz CT molecular complexity index is 1590. The van der Waals surface area contributed by atoms with Gasteiger partial charge in [-0.25, -0.2) is 0 Å². The fourth-order valence-corrected chi connectivity index (χ4v) is 4.95. The molecule has 186 valence electrons. The predicted octanol–water partition coefficient (Wildman–Crippen LogP) is 9.68. The number of nitriles is 2. The Hall–Kier alpha value is -4.86. The Kier molecular flexibility index (Phi) is 8.22. The topological polar surface area (TPSA) is 50.8 Å². The zero-order valence-electron chi connectivity index (χ0n) is 22.4. The first-order valence-corrected chi connectivity index (χ1v) is 13.2. The smallest absolute Gasteiger partial charge is 0.0998 e. The standard InChI is InChI=1S/C31H19N3.2C2H6/c32-19-26-8-5-9-27(20-33)31(26)25-13-12-22-18-28(15-14-21(22)16-25)34-29-10-3-1-6-23(29)17-24-7-2-4-11-30(24)34;2*1-2/h1-16,18H,17H2;2*1-2H3. The van der Waals surface area contributed by atoms with E-state index in [2.05, 4.69) is 95.9 Å². The largest absolute Gasteiger partial charge is 0.310 e. The summed E-state index contributed by atoms with van der Waals surface area (Å²) >= 11 is 0. The lowest BCUT2D eigenvalue weighted by Gasteiger charge is -2.33. The summed E-state index contributed by atoms with van der Waals surface area (Å²) in [5.74, 6) is 0. The van der Waals surface area contributed by atoms with Crippen LogP contribution in [0.3, 0.4) is 0 Å². The third-order valence-corrected chi connectivity index (χ3v) is 6.52. The van der Waals surface area contributed by atoms with E-state index in [1.807, 2.05) is 33.8 Å². The minimum atomic E-state index is 0.511. The number of para-hydroxylation sites is 2. The second-order valence-corrected chi connectivity index (χ2v) is 8.47. The lowest BCUT2D eigenvalue weighted by molar-refractivity contribution is 1.09. The molecule has 0 amide bonds. The molecule has 6 rings (SSSR count). The average Bonchev–Trinajstić information content (AvgIpc) is 3.00. The fourth-order valence-electron chi connectivity index (χ4n) is 4.95. The van der Waals surface area contributed by atoms with Crippen LogP contribution in [0, 0.1) is 22.7 Å². The maximum Gasteiger partial charge on any atom is 0.0998 e. The Morgan fingerprint density at radius 1 is 0.579 bits per heavy atom. The Morgan fingerprint density at radius 2 is 1.11 bits per heavy atom. The SMILES string of the molecule is CC.CC.N#Cc1cccc(C#N)c1-c1ccc2cc(N3c4ccccc4Cc4ccccc43)ccc2c1. The molecule has 0 atom stereocenters. The van der Waals surface area contributed by atoms with Gasteiger partial charge in [0, 0.05) is 29.0 Å². The van der Waals surface area contributed by atoms with Crippen molar-refractivity contribution in [3.8, 4) is 23.3 Å². The summed E-state index contributed by atoms with van der Waals surface area (Å²) < 4.78 is 0. The Labute approximate surface area is 225 Å². The van der Waals surface area contributed by atoms with Crippen LogP contribution in [0.2, 0.25) is 0 Å². The van der Waals surface area contributed by atoms with E-state index in [1.165, 1.54) is 22.5 Å². The van der Waals surface area contributed by atoms with Gasteiger partial charge in [0.25, 0.3) is 0 Å². The molecule has 1 aliphatic heterocycles. The molecule has 0 saturated heterocycles. The number of nitrogens with zero attached hydrogens (tertiary/aromatic N) is 3. The molecule has 38 heavy (non-hydrogen) atoms. The van der Waals surface area contributed by atoms with Crippen molar-refractivity contribution in [1.29, 1.82) is 10.5 Å². The van der Waals surface area contributed by atoms with Crippen LogP contribution in [0.4, 0.5) is 17.1 Å². The molecular weight excluding hydrogens is 462 g/mol. The summed E-state index contributed by atoms with van der Waals surface area (Å²) in [7, 11) is 0. The van der Waals surface area contributed by atoms with E-state index in [-0.39, 0.29) is 0 Å². The van der Waals surface area contributed by atoms with E-state index in [0.29, 0.717) is 16.7 Å². The molecule has 0 N–H and O–H groups in total. The molecule has 5 aromatic rings. The van der Waals surface area contributed by atoms with Gasteiger partial charge in [0.2, 0.25) is 0 Å². The Balaban J connectivity index is 0.000000804. The van der Waals surface area contributed by atoms with Gasteiger partial charge in [-0.3, -0.25) is 0 Å². The normalized spacial score (nSPS) is 10.9. The van der Waals surface area contributed by atoms with E-state index in [0.717, 1.165) is 28.4 Å². The fraction of sp³-hybridized carbons (Fsp3) is 0.143. The van der Waals surface area contributed by atoms with Crippen LogP contribution in [0.25, 0.3) is 21.9 Å². The van der Waals surface area contributed by atoms with Crippen molar-refractivity contribution in [2.75, 3.05) is 4.90 Å². The van der Waals surface area contributed by atoms with Gasteiger partial charge >= 0.3 is 0 Å². The molecule has 1 heterocycles. The maximum atomic E-state index is 9.59. The number of hydrogen-bond donors (Lipinski definition) is 0. The van der Waals surface area contributed by atoms with E-state index in [9.17, 15) is 10.5 Å². The first-order valence-electron chi connectivity index (χ1n) is 13.2. The predicted molar refractivity (Wildman–Crippen MR) is 159 cm³/mol. The highest BCUT2D eigenvalue weighted by Gasteiger charge is 2.23. The third kappa shape index (κ3) is 4.75. The van der Waals surface area contributed by atoms with Crippen molar-refractivity contribution in [3.05, 3.63) is 125 Å². The van der Waals surface area contributed by atoms with Gasteiger partial charge in [-0.15, -0.1) is 0 Å². The van der Waals surface area contributed by atoms with Gasteiger partial charge in [-0.1, -0.05) is 88.4 Å². The number of rotatable bonds is 2. The molecule has 3 heteroatoms. The van der Waals surface area contributed by atoms with Gasteiger partial charge in [-0.2, -0.15) is 10.5 Å². The summed E-state index contributed by atoms with van der Waals surface area (Å²) in [6.07, 6.45) is 0.930. The molecule has 5 aromatic carbocycles. The average molecular weight is 494 g/mol. The van der Waals surface area contributed by atoms with Crippen molar-refractivity contribution in [2.45, 2.75) is 34.1 Å². The van der Waals surface area contributed by atoms with Crippen molar-refractivity contribution in [3.63, 3.8) is 0 Å². The first-order chi connectivity index (χ1) is 18.8. The lowest BCUT2D eigenvalue weighted by Crippen LogP contribution is -2.18. The van der Waals surface area contributed by atoms with E-state index < -0.39 is 0 Å². The minimum Gasteiger partial charge on any atom is -0.310 e. The lowest BCUT2D eigenvalue weighted by atomic mass is 9.93. The molecule has 0 bridgehead atoms. The monoisotopic (exact) mass is 493 g/mol. The van der Waals surface area contributed by atoms with Crippen molar-refractivity contribution >= 4 is 27.8 Å². The van der Waals surface area contributed by atoms with Gasteiger partial charge in [0.15, 0.2) is 0 Å². The zero-order valence-corrected chi connectivity index (χ0v) is 22.4. The van der Waals surface area contributed by atoms with Gasteiger partial charge in [0.05, 0.1) is 23.3 Å². The molecule has 0 aliphatic carbocycles. The summed E-state index contributed by atoms with van der Waals surface area (Å²) in [6.45, 7) is 8.00. The van der Waals surface area contributed by atoms with Gasteiger partial charge in [0.1, 0.15) is 0 Å². The molecule has 3 nitrogen and oxygen atoms in total. The third-order valence-electron chi connectivity index (χ3n) is 6.52. The van der Waals surface area contributed by atoms with Crippen LogP contribution in [0.5, 0.6) is 0 Å². The molecule has 0 spiro atoms. The van der Waals surface area contributed by atoms with Crippen LogP contribution < -0.4 is 4.90 Å². The quantitative estimate of drug-likeness (QED) is 0.241. The molecular formula is C35H31N3. The molecule has 0 fully saturated rings. The number of benzene rings is 5. The van der Waals surface area contributed by atoms with E-state index in [4.69, 9.17) is 0 Å². The highest BCUT2D eigenvalue weighted by Crippen LogP contribution is 2.44. The Morgan fingerprint density at radius 3 is 1.68 bits per heavy atom. The second kappa shape index (κ2) is 11.9.